The van der Waals surface area contributed by atoms with Gasteiger partial charge in [-0.05, 0) is 32.4 Å². The zero-order valence-electron chi connectivity index (χ0n) is 8.80. The minimum absolute atomic E-state index is 0.318. The number of nitrogens with two attached hydrogens (primary N) is 1. The molecule has 0 radical (unpaired) electrons. The zero-order valence-corrected chi connectivity index (χ0v) is 8.80. The van der Waals surface area contributed by atoms with Crippen LogP contribution in [0.15, 0.2) is 18.2 Å². The van der Waals surface area contributed by atoms with Gasteiger partial charge >= 0.3 is 0 Å². The summed E-state index contributed by atoms with van der Waals surface area (Å²) in [4.78, 5) is 0. The van der Waals surface area contributed by atoms with Gasteiger partial charge in [0.25, 0.3) is 0 Å². The molecule has 0 aliphatic carbocycles. The van der Waals surface area contributed by atoms with Crippen LogP contribution in [0.4, 0.5) is 10.1 Å². The number of rotatable bonds is 3. The fourth-order valence-electron chi connectivity index (χ4n) is 0.966. The van der Waals surface area contributed by atoms with Crippen LogP contribution in [0.2, 0.25) is 0 Å². The minimum Gasteiger partial charge on any atom is -0.486 e. The molecule has 14 heavy (non-hydrogen) atoms. The molecule has 2 nitrogen and oxygen atoms in total. The molecular weight excluding hydrogens is 181 g/mol. The second-order valence-electron chi connectivity index (χ2n) is 3.90. The van der Waals surface area contributed by atoms with Crippen molar-refractivity contribution in [3.63, 3.8) is 0 Å². The van der Waals surface area contributed by atoms with Gasteiger partial charge in [-0.1, -0.05) is 6.92 Å². The highest BCUT2D eigenvalue weighted by molar-refractivity contribution is 5.52. The quantitative estimate of drug-likeness (QED) is 0.756. The molecule has 3 heteroatoms. The Hall–Kier alpha value is -1.25. The van der Waals surface area contributed by atoms with Crippen molar-refractivity contribution in [2.45, 2.75) is 32.8 Å². The second kappa shape index (κ2) is 3.86. The maximum atomic E-state index is 12.9. The molecule has 0 aliphatic heterocycles. The first kappa shape index (κ1) is 10.8. The van der Waals surface area contributed by atoms with Gasteiger partial charge in [-0.2, -0.15) is 0 Å². The van der Waals surface area contributed by atoms with Crippen LogP contribution >= 0.6 is 0 Å². The second-order valence-corrected chi connectivity index (χ2v) is 3.90. The largest absolute Gasteiger partial charge is 0.486 e. The summed E-state index contributed by atoms with van der Waals surface area (Å²) < 4.78 is 18.5. The third-order valence-electron chi connectivity index (χ3n) is 2.21. The Labute approximate surface area is 83.9 Å². The molecule has 0 heterocycles. The van der Waals surface area contributed by atoms with Gasteiger partial charge in [0.15, 0.2) is 0 Å². The first-order valence-corrected chi connectivity index (χ1v) is 4.68. The molecule has 2 N–H and O–H groups in total. The lowest BCUT2D eigenvalue weighted by Crippen LogP contribution is -2.27. The van der Waals surface area contributed by atoms with E-state index in [1.807, 2.05) is 20.8 Å². The molecule has 1 rings (SSSR count). The highest BCUT2D eigenvalue weighted by atomic mass is 19.1. The van der Waals surface area contributed by atoms with Crippen molar-refractivity contribution in [2.24, 2.45) is 0 Å². The lowest BCUT2D eigenvalue weighted by molar-refractivity contribution is 0.106. The highest BCUT2D eigenvalue weighted by Gasteiger charge is 2.18. The Balaban J connectivity index is 2.91. The Morgan fingerprint density at radius 2 is 2.07 bits per heavy atom. The Morgan fingerprint density at radius 1 is 1.43 bits per heavy atom. The number of anilines is 1. The van der Waals surface area contributed by atoms with Crippen LogP contribution < -0.4 is 10.5 Å². The van der Waals surface area contributed by atoms with Gasteiger partial charge in [0, 0.05) is 6.07 Å². The van der Waals surface area contributed by atoms with Gasteiger partial charge in [-0.25, -0.2) is 4.39 Å². The fraction of sp³-hybridized carbons (Fsp3) is 0.455. The van der Waals surface area contributed by atoms with E-state index < -0.39 is 0 Å². The average molecular weight is 197 g/mol. The lowest BCUT2D eigenvalue weighted by Gasteiger charge is -2.25. The summed E-state index contributed by atoms with van der Waals surface area (Å²) in [5.74, 6) is 0.0814. The maximum Gasteiger partial charge on any atom is 0.145 e. The van der Waals surface area contributed by atoms with E-state index in [4.69, 9.17) is 10.5 Å². The first-order chi connectivity index (χ1) is 6.44. The average Bonchev–Trinajstić information content (AvgIpc) is 2.11. The Bertz CT molecular complexity index is 323. The Kier molecular flexibility index (Phi) is 2.99. The normalized spacial score (nSPS) is 11.4. The van der Waals surface area contributed by atoms with Crippen molar-refractivity contribution in [3.05, 3.63) is 24.0 Å². The monoisotopic (exact) mass is 197 g/mol. The van der Waals surface area contributed by atoms with Gasteiger partial charge in [0.2, 0.25) is 0 Å². The number of ether oxygens (including phenoxy) is 1. The standard InChI is InChI=1S/C11H16FNO/c1-4-11(2,3)14-10-7-8(12)5-6-9(10)13/h5-7H,4,13H2,1-3H3. The highest BCUT2D eigenvalue weighted by Crippen LogP contribution is 2.27. The molecule has 0 bridgehead atoms. The van der Waals surface area contributed by atoms with Crippen molar-refractivity contribution in [1.82, 2.24) is 0 Å². The van der Waals surface area contributed by atoms with Crippen LogP contribution in [0.3, 0.4) is 0 Å². The Morgan fingerprint density at radius 3 is 2.64 bits per heavy atom. The molecule has 0 saturated carbocycles. The van der Waals surface area contributed by atoms with E-state index in [1.165, 1.54) is 18.2 Å². The maximum absolute atomic E-state index is 12.9. The lowest BCUT2D eigenvalue weighted by atomic mass is 10.1. The van der Waals surface area contributed by atoms with Crippen molar-refractivity contribution in [3.8, 4) is 5.75 Å². The van der Waals surface area contributed by atoms with E-state index in [1.54, 1.807) is 0 Å². The third kappa shape index (κ3) is 2.62. The zero-order chi connectivity index (χ0) is 10.8. The van der Waals surface area contributed by atoms with Crippen molar-refractivity contribution >= 4 is 5.69 Å². The number of hydrogen-bond acceptors (Lipinski definition) is 2. The van der Waals surface area contributed by atoms with Crippen LogP contribution in [0.25, 0.3) is 0 Å². The van der Waals surface area contributed by atoms with E-state index in [-0.39, 0.29) is 11.4 Å². The SMILES string of the molecule is CCC(C)(C)Oc1cc(F)ccc1N. The van der Waals surface area contributed by atoms with Crippen molar-refractivity contribution < 1.29 is 9.13 Å². The molecule has 0 unspecified atom stereocenters. The molecule has 0 saturated heterocycles. The molecule has 0 amide bonds. The first-order valence-electron chi connectivity index (χ1n) is 4.68. The number of halogens is 1. The number of benzene rings is 1. The summed E-state index contributed by atoms with van der Waals surface area (Å²) in [7, 11) is 0. The van der Waals surface area contributed by atoms with Crippen LogP contribution in [0.5, 0.6) is 5.75 Å². The van der Waals surface area contributed by atoms with E-state index in [9.17, 15) is 4.39 Å². The predicted molar refractivity (Wildman–Crippen MR) is 55.8 cm³/mol. The molecule has 1 aromatic rings. The van der Waals surface area contributed by atoms with Gasteiger partial charge in [0.05, 0.1) is 5.69 Å². The summed E-state index contributed by atoms with van der Waals surface area (Å²) >= 11 is 0. The molecule has 0 aliphatic rings. The van der Waals surface area contributed by atoms with Crippen molar-refractivity contribution in [2.75, 3.05) is 5.73 Å². The van der Waals surface area contributed by atoms with Crippen molar-refractivity contribution in [1.29, 1.82) is 0 Å². The summed E-state index contributed by atoms with van der Waals surface area (Å²) in [6, 6.07) is 4.14. The predicted octanol–water partition coefficient (Wildman–Crippen LogP) is 2.98. The molecular formula is C11H16FNO. The van der Waals surface area contributed by atoms with E-state index >= 15 is 0 Å². The number of nitrogen functional groups attached to an aromatic ring is 1. The van der Waals surface area contributed by atoms with E-state index in [0.717, 1.165) is 6.42 Å². The topological polar surface area (TPSA) is 35.2 Å². The summed E-state index contributed by atoms with van der Waals surface area (Å²) in [5, 5.41) is 0. The minimum atomic E-state index is -0.332. The summed E-state index contributed by atoms with van der Waals surface area (Å²) in [6.07, 6.45) is 0.836. The smallest absolute Gasteiger partial charge is 0.145 e. The molecule has 0 spiro atoms. The van der Waals surface area contributed by atoms with E-state index in [0.29, 0.717) is 11.4 Å². The number of hydrogen-bond donors (Lipinski definition) is 1. The molecule has 1 aromatic carbocycles. The molecule has 0 atom stereocenters. The van der Waals surface area contributed by atoms with Crippen LogP contribution in [0, 0.1) is 5.82 Å². The van der Waals surface area contributed by atoms with Crippen LogP contribution in [0.1, 0.15) is 27.2 Å². The van der Waals surface area contributed by atoms with Gasteiger partial charge in [-0.15, -0.1) is 0 Å². The third-order valence-corrected chi connectivity index (χ3v) is 2.21. The fourth-order valence-corrected chi connectivity index (χ4v) is 0.966. The van der Waals surface area contributed by atoms with Crippen LogP contribution in [-0.2, 0) is 0 Å². The molecule has 0 fully saturated rings. The van der Waals surface area contributed by atoms with Gasteiger partial charge < -0.3 is 10.5 Å². The molecule has 0 aromatic heterocycles. The summed E-state index contributed by atoms with van der Waals surface area (Å²) in [6.45, 7) is 5.89. The summed E-state index contributed by atoms with van der Waals surface area (Å²) in [5.41, 5.74) is 5.81. The van der Waals surface area contributed by atoms with Crippen LogP contribution in [-0.4, -0.2) is 5.60 Å². The van der Waals surface area contributed by atoms with Gasteiger partial charge in [-0.3, -0.25) is 0 Å². The van der Waals surface area contributed by atoms with E-state index in [2.05, 4.69) is 0 Å². The van der Waals surface area contributed by atoms with Gasteiger partial charge in [0.1, 0.15) is 17.2 Å². The molecule has 78 valence electrons.